The Balaban J connectivity index is 1.39. The molecule has 5 heteroatoms. The number of nitrogens with zero attached hydrogens (tertiary/aromatic N) is 3. The Kier molecular flexibility index (Phi) is 6.23. The summed E-state index contributed by atoms with van der Waals surface area (Å²) in [5.74, 6) is 0.128. The van der Waals surface area contributed by atoms with E-state index >= 15 is 0 Å². The number of piperidine rings is 1. The van der Waals surface area contributed by atoms with Crippen molar-refractivity contribution in [3.8, 4) is 0 Å². The van der Waals surface area contributed by atoms with E-state index in [1.54, 1.807) is 0 Å². The molecule has 1 aromatic heterocycles. The lowest BCUT2D eigenvalue weighted by molar-refractivity contribution is -0.122. The van der Waals surface area contributed by atoms with Crippen molar-refractivity contribution in [1.82, 2.24) is 20.0 Å². The van der Waals surface area contributed by atoms with Crippen LogP contribution in [0.2, 0.25) is 0 Å². The van der Waals surface area contributed by atoms with Gasteiger partial charge in [0.25, 0.3) is 0 Å². The second-order valence-corrected chi connectivity index (χ2v) is 6.91. The molecule has 1 amide bonds. The molecular weight excluding hydrogens is 312 g/mol. The molecule has 1 aliphatic rings. The third-order valence-electron chi connectivity index (χ3n) is 4.77. The van der Waals surface area contributed by atoms with Gasteiger partial charge in [-0.1, -0.05) is 30.3 Å². The molecular formula is C20H28N4O. The summed E-state index contributed by atoms with van der Waals surface area (Å²) in [6, 6.07) is 12.8. The number of rotatable bonds is 7. The Bertz CT molecular complexity index is 667. The number of amides is 1. The summed E-state index contributed by atoms with van der Waals surface area (Å²) in [6.07, 6.45) is 5.71. The molecule has 0 unspecified atom stereocenters. The van der Waals surface area contributed by atoms with Crippen molar-refractivity contribution < 1.29 is 4.79 Å². The maximum atomic E-state index is 12.2. The lowest BCUT2D eigenvalue weighted by atomic mass is 10.0. The minimum Gasteiger partial charge on any atom is -0.352 e. The Morgan fingerprint density at radius 1 is 1.24 bits per heavy atom. The first-order chi connectivity index (χ1) is 12.2. The van der Waals surface area contributed by atoms with E-state index in [-0.39, 0.29) is 11.9 Å². The van der Waals surface area contributed by atoms with Crippen LogP contribution in [0.3, 0.4) is 0 Å². The number of aryl methyl sites for hydroxylation is 2. The fourth-order valence-electron chi connectivity index (χ4n) is 3.41. The van der Waals surface area contributed by atoms with Crippen LogP contribution in [0.25, 0.3) is 0 Å². The van der Waals surface area contributed by atoms with Crippen LogP contribution in [0.5, 0.6) is 0 Å². The molecule has 0 spiro atoms. The average molecular weight is 340 g/mol. The first kappa shape index (κ1) is 17.7. The standard InChI is InChI=1S/C20H28N4O/c1-17-9-14-24(22-17)15-11-20(25)21-19-8-5-12-23(16-19)13-10-18-6-3-2-4-7-18/h2-4,6-7,9,14,19H,5,8,10-13,15-16H2,1H3,(H,21,25)/t19-/m0/s1. The Morgan fingerprint density at radius 3 is 2.84 bits per heavy atom. The van der Waals surface area contributed by atoms with Crippen molar-refractivity contribution in [2.24, 2.45) is 0 Å². The van der Waals surface area contributed by atoms with Crippen LogP contribution in [0, 0.1) is 6.92 Å². The molecule has 5 nitrogen and oxygen atoms in total. The maximum absolute atomic E-state index is 12.2. The molecule has 134 valence electrons. The third-order valence-corrected chi connectivity index (χ3v) is 4.77. The molecule has 25 heavy (non-hydrogen) atoms. The summed E-state index contributed by atoms with van der Waals surface area (Å²) < 4.78 is 1.84. The molecule has 1 N–H and O–H groups in total. The highest BCUT2D eigenvalue weighted by Gasteiger charge is 2.21. The summed E-state index contributed by atoms with van der Waals surface area (Å²) in [4.78, 5) is 14.7. The number of likely N-dealkylation sites (tertiary alicyclic amines) is 1. The van der Waals surface area contributed by atoms with Gasteiger partial charge < -0.3 is 10.2 Å². The van der Waals surface area contributed by atoms with E-state index < -0.39 is 0 Å². The highest BCUT2D eigenvalue weighted by atomic mass is 16.1. The zero-order valence-corrected chi connectivity index (χ0v) is 15.0. The van der Waals surface area contributed by atoms with E-state index in [1.165, 1.54) is 5.56 Å². The van der Waals surface area contributed by atoms with Crippen molar-refractivity contribution in [2.45, 2.75) is 45.2 Å². The molecule has 1 fully saturated rings. The Morgan fingerprint density at radius 2 is 2.08 bits per heavy atom. The Hall–Kier alpha value is -2.14. The minimum atomic E-state index is 0.128. The van der Waals surface area contributed by atoms with E-state index in [2.05, 4.69) is 45.6 Å². The Labute approximate surface area is 150 Å². The number of aromatic nitrogens is 2. The number of carbonyl (C=O) groups is 1. The molecule has 0 aliphatic carbocycles. The van der Waals surface area contributed by atoms with Gasteiger partial charge in [0.15, 0.2) is 0 Å². The molecule has 2 heterocycles. The van der Waals surface area contributed by atoms with Crippen LogP contribution in [0.4, 0.5) is 0 Å². The van der Waals surface area contributed by atoms with Crippen LogP contribution >= 0.6 is 0 Å². The zero-order chi connectivity index (χ0) is 17.5. The molecule has 3 rings (SSSR count). The fourth-order valence-corrected chi connectivity index (χ4v) is 3.41. The maximum Gasteiger partial charge on any atom is 0.222 e. The number of nitrogens with one attached hydrogen (secondary N) is 1. The van der Waals surface area contributed by atoms with Gasteiger partial charge in [0.05, 0.1) is 5.69 Å². The summed E-state index contributed by atoms with van der Waals surface area (Å²) >= 11 is 0. The van der Waals surface area contributed by atoms with Crippen molar-refractivity contribution in [1.29, 1.82) is 0 Å². The van der Waals surface area contributed by atoms with Crippen molar-refractivity contribution in [3.63, 3.8) is 0 Å². The van der Waals surface area contributed by atoms with Crippen LogP contribution in [0.15, 0.2) is 42.6 Å². The molecule has 1 atom stereocenters. The van der Waals surface area contributed by atoms with Gasteiger partial charge in [0.2, 0.25) is 5.91 Å². The monoisotopic (exact) mass is 340 g/mol. The highest BCUT2D eigenvalue weighted by molar-refractivity contribution is 5.76. The van der Waals surface area contributed by atoms with E-state index in [0.717, 1.165) is 44.6 Å². The van der Waals surface area contributed by atoms with Gasteiger partial charge in [0, 0.05) is 38.3 Å². The van der Waals surface area contributed by atoms with Gasteiger partial charge in [0.1, 0.15) is 0 Å². The lowest BCUT2D eigenvalue weighted by Crippen LogP contribution is -2.48. The fraction of sp³-hybridized carbons (Fsp3) is 0.500. The van der Waals surface area contributed by atoms with Crippen LogP contribution < -0.4 is 5.32 Å². The predicted octanol–water partition coefficient (Wildman–Crippen LogP) is 2.40. The summed E-state index contributed by atoms with van der Waals surface area (Å²) in [5, 5.41) is 7.53. The SMILES string of the molecule is Cc1ccn(CCC(=O)N[C@H]2CCCN(CCc3ccccc3)C2)n1. The largest absolute Gasteiger partial charge is 0.352 e. The van der Waals surface area contributed by atoms with Gasteiger partial charge in [-0.25, -0.2) is 0 Å². The average Bonchev–Trinajstić information content (AvgIpc) is 3.05. The highest BCUT2D eigenvalue weighted by Crippen LogP contribution is 2.11. The predicted molar refractivity (Wildman–Crippen MR) is 99.3 cm³/mol. The van der Waals surface area contributed by atoms with Gasteiger partial charge in [-0.05, 0) is 44.4 Å². The van der Waals surface area contributed by atoms with Crippen molar-refractivity contribution in [2.75, 3.05) is 19.6 Å². The summed E-state index contributed by atoms with van der Waals surface area (Å²) in [7, 11) is 0. The van der Waals surface area contributed by atoms with E-state index in [9.17, 15) is 4.79 Å². The van der Waals surface area contributed by atoms with Crippen LogP contribution in [0.1, 0.15) is 30.5 Å². The van der Waals surface area contributed by atoms with Gasteiger partial charge >= 0.3 is 0 Å². The molecule has 0 saturated carbocycles. The van der Waals surface area contributed by atoms with Gasteiger partial charge in [-0.3, -0.25) is 9.48 Å². The molecule has 0 bridgehead atoms. The number of benzene rings is 1. The number of hydrogen-bond acceptors (Lipinski definition) is 3. The first-order valence-corrected chi connectivity index (χ1v) is 9.25. The van der Waals surface area contributed by atoms with Crippen molar-refractivity contribution in [3.05, 3.63) is 53.9 Å². The quantitative estimate of drug-likeness (QED) is 0.842. The lowest BCUT2D eigenvalue weighted by Gasteiger charge is -2.33. The number of carbonyl (C=O) groups excluding carboxylic acids is 1. The topological polar surface area (TPSA) is 50.2 Å². The number of hydrogen-bond donors (Lipinski definition) is 1. The van der Waals surface area contributed by atoms with Gasteiger partial charge in [-0.2, -0.15) is 5.10 Å². The molecule has 1 aromatic carbocycles. The third kappa shape index (κ3) is 5.71. The second-order valence-electron chi connectivity index (χ2n) is 6.91. The van der Waals surface area contributed by atoms with Gasteiger partial charge in [-0.15, -0.1) is 0 Å². The zero-order valence-electron chi connectivity index (χ0n) is 15.0. The summed E-state index contributed by atoms with van der Waals surface area (Å²) in [6.45, 7) is 5.75. The normalized spacial score (nSPS) is 18.2. The second kappa shape index (κ2) is 8.81. The smallest absolute Gasteiger partial charge is 0.222 e. The minimum absolute atomic E-state index is 0.128. The van der Waals surface area contributed by atoms with E-state index in [4.69, 9.17) is 0 Å². The summed E-state index contributed by atoms with van der Waals surface area (Å²) in [5.41, 5.74) is 2.37. The van der Waals surface area contributed by atoms with Crippen molar-refractivity contribution >= 4 is 5.91 Å². The van der Waals surface area contributed by atoms with Crippen LogP contribution in [-0.4, -0.2) is 46.3 Å². The van der Waals surface area contributed by atoms with E-state index in [0.29, 0.717) is 13.0 Å². The molecule has 1 saturated heterocycles. The van der Waals surface area contributed by atoms with E-state index in [1.807, 2.05) is 23.9 Å². The molecule has 2 aromatic rings. The first-order valence-electron chi connectivity index (χ1n) is 9.25. The molecule has 0 radical (unpaired) electrons. The van der Waals surface area contributed by atoms with Crippen LogP contribution in [-0.2, 0) is 17.8 Å². The molecule has 1 aliphatic heterocycles.